The van der Waals surface area contributed by atoms with Crippen molar-refractivity contribution in [2.24, 2.45) is 5.92 Å². The topological polar surface area (TPSA) is 97.4 Å². The lowest BCUT2D eigenvalue weighted by Gasteiger charge is -2.08. The second-order valence-corrected chi connectivity index (χ2v) is 7.28. The van der Waals surface area contributed by atoms with Crippen LogP contribution in [0.1, 0.15) is 19.5 Å². The van der Waals surface area contributed by atoms with Crippen molar-refractivity contribution in [1.29, 1.82) is 0 Å². The van der Waals surface area contributed by atoms with Crippen molar-refractivity contribution in [2.45, 2.75) is 20.3 Å². The van der Waals surface area contributed by atoms with E-state index >= 15 is 0 Å². The third kappa shape index (κ3) is 6.63. The van der Waals surface area contributed by atoms with E-state index in [4.69, 9.17) is 4.74 Å². The van der Waals surface area contributed by atoms with Gasteiger partial charge in [-0.3, -0.25) is 14.9 Å². The van der Waals surface area contributed by atoms with Gasteiger partial charge in [0.05, 0.1) is 12.1 Å². The van der Waals surface area contributed by atoms with Gasteiger partial charge in [0.25, 0.3) is 5.91 Å². The molecule has 2 N–H and O–H groups in total. The summed E-state index contributed by atoms with van der Waals surface area (Å²) in [5.74, 6) is -0.970. The molecule has 0 atom stereocenters. The minimum absolute atomic E-state index is 0.0204. The first-order valence-corrected chi connectivity index (χ1v) is 9.46. The van der Waals surface area contributed by atoms with E-state index in [1.165, 1.54) is 11.3 Å². The number of imide groups is 1. The molecule has 3 amide bonds. The molecule has 2 aromatic heterocycles. The van der Waals surface area contributed by atoms with Gasteiger partial charge >= 0.3 is 12.0 Å². The van der Waals surface area contributed by atoms with Gasteiger partial charge in [0.15, 0.2) is 6.61 Å². The number of amides is 3. The highest BCUT2D eigenvalue weighted by molar-refractivity contribution is 7.14. The summed E-state index contributed by atoms with van der Waals surface area (Å²) in [7, 11) is 0. The number of nitrogens with zero attached hydrogens (tertiary/aromatic N) is 1. The Balaban J connectivity index is 1.72. The molecule has 0 spiro atoms. The molecule has 0 unspecified atom stereocenters. The SMILES string of the molecule is CC(C)CNC(=O)NC(=O)COC(=O)Cc1csc(-c2ccsc2)n1. The normalized spacial score (nSPS) is 10.5. The standard InChI is InChI=1S/C16H19N3O4S2/c1-10(2)6-17-16(22)19-13(20)7-23-14(21)5-12-9-25-15(18-12)11-3-4-24-8-11/h3-4,8-10H,5-7H2,1-2H3,(H2,17,19,20,22). The summed E-state index contributed by atoms with van der Waals surface area (Å²) < 4.78 is 4.87. The number of nitrogens with one attached hydrogen (secondary N) is 2. The van der Waals surface area contributed by atoms with Crippen LogP contribution in [0.3, 0.4) is 0 Å². The molecular weight excluding hydrogens is 362 g/mol. The van der Waals surface area contributed by atoms with Crippen LogP contribution in [0, 0.1) is 5.92 Å². The lowest BCUT2D eigenvalue weighted by atomic mass is 10.2. The number of hydrogen-bond acceptors (Lipinski definition) is 7. The van der Waals surface area contributed by atoms with E-state index in [0.29, 0.717) is 12.2 Å². The Labute approximate surface area is 153 Å². The predicted octanol–water partition coefficient (Wildman–Crippen LogP) is 2.44. The van der Waals surface area contributed by atoms with Crippen molar-refractivity contribution in [3.8, 4) is 10.6 Å². The molecule has 2 heterocycles. The number of aromatic nitrogens is 1. The summed E-state index contributed by atoms with van der Waals surface area (Å²) in [6.45, 7) is 3.82. The Morgan fingerprint density at radius 2 is 2.08 bits per heavy atom. The molecule has 7 nitrogen and oxygen atoms in total. The molecule has 0 fully saturated rings. The smallest absolute Gasteiger partial charge is 0.321 e. The molecule has 0 bridgehead atoms. The van der Waals surface area contributed by atoms with E-state index in [0.717, 1.165) is 10.6 Å². The van der Waals surface area contributed by atoms with Crippen LogP contribution in [-0.2, 0) is 20.7 Å². The maximum Gasteiger partial charge on any atom is 0.321 e. The van der Waals surface area contributed by atoms with Crippen molar-refractivity contribution in [2.75, 3.05) is 13.2 Å². The molecule has 0 aliphatic rings. The zero-order valence-corrected chi connectivity index (χ0v) is 15.5. The Bertz CT molecular complexity index is 726. The molecule has 0 saturated heterocycles. The average Bonchev–Trinajstić information content (AvgIpc) is 3.22. The predicted molar refractivity (Wildman–Crippen MR) is 96.5 cm³/mol. The van der Waals surface area contributed by atoms with Crippen molar-refractivity contribution < 1.29 is 19.1 Å². The Morgan fingerprint density at radius 3 is 2.76 bits per heavy atom. The van der Waals surface area contributed by atoms with Crippen LogP contribution in [0.2, 0.25) is 0 Å². The molecule has 2 rings (SSSR count). The first-order chi connectivity index (χ1) is 11.9. The van der Waals surface area contributed by atoms with E-state index in [2.05, 4.69) is 15.6 Å². The Morgan fingerprint density at radius 1 is 1.28 bits per heavy atom. The van der Waals surface area contributed by atoms with Gasteiger partial charge in [0, 0.05) is 22.9 Å². The third-order valence-electron chi connectivity index (χ3n) is 2.93. The number of thiazole rings is 1. The van der Waals surface area contributed by atoms with Crippen LogP contribution in [0.4, 0.5) is 4.79 Å². The molecule has 134 valence electrons. The number of hydrogen-bond donors (Lipinski definition) is 2. The summed E-state index contributed by atoms with van der Waals surface area (Å²) in [6.07, 6.45) is -0.0204. The largest absolute Gasteiger partial charge is 0.455 e. The molecule has 0 radical (unpaired) electrons. The van der Waals surface area contributed by atoms with Gasteiger partial charge in [-0.1, -0.05) is 13.8 Å². The van der Waals surface area contributed by atoms with Crippen LogP contribution in [-0.4, -0.2) is 36.0 Å². The third-order valence-corrected chi connectivity index (χ3v) is 4.56. The van der Waals surface area contributed by atoms with E-state index in [9.17, 15) is 14.4 Å². The first-order valence-electron chi connectivity index (χ1n) is 7.64. The van der Waals surface area contributed by atoms with E-state index in [1.54, 1.807) is 16.7 Å². The molecule has 0 aromatic carbocycles. The van der Waals surface area contributed by atoms with Crippen LogP contribution in [0.5, 0.6) is 0 Å². The maximum absolute atomic E-state index is 11.8. The number of rotatable bonds is 7. The summed E-state index contributed by atoms with van der Waals surface area (Å²) in [6, 6.07) is 1.36. The number of ether oxygens (including phenoxy) is 1. The molecule has 9 heteroatoms. The highest BCUT2D eigenvalue weighted by Crippen LogP contribution is 2.25. The second kappa shape index (κ2) is 9.28. The number of urea groups is 1. The monoisotopic (exact) mass is 381 g/mol. The number of carbonyl (C=O) groups excluding carboxylic acids is 3. The molecular formula is C16H19N3O4S2. The highest BCUT2D eigenvalue weighted by Gasteiger charge is 2.13. The highest BCUT2D eigenvalue weighted by atomic mass is 32.1. The van der Waals surface area contributed by atoms with Gasteiger partial charge in [-0.15, -0.1) is 11.3 Å². The number of carbonyl (C=O) groups is 3. The molecule has 0 aliphatic carbocycles. The number of thiophene rings is 1. The Hall–Kier alpha value is -2.26. The van der Waals surface area contributed by atoms with Crippen molar-refractivity contribution in [3.63, 3.8) is 0 Å². The van der Waals surface area contributed by atoms with Gasteiger partial charge in [0.1, 0.15) is 5.01 Å². The molecule has 25 heavy (non-hydrogen) atoms. The fourth-order valence-electron chi connectivity index (χ4n) is 1.76. The van der Waals surface area contributed by atoms with Crippen LogP contribution in [0.15, 0.2) is 22.2 Å². The molecule has 0 saturated carbocycles. The lowest BCUT2D eigenvalue weighted by molar-refractivity contribution is -0.147. The molecule has 0 aliphatic heterocycles. The lowest BCUT2D eigenvalue weighted by Crippen LogP contribution is -2.42. The fourth-order valence-corrected chi connectivity index (χ4v) is 3.29. The first kappa shape index (κ1) is 19.1. The van der Waals surface area contributed by atoms with Crippen molar-refractivity contribution in [1.82, 2.24) is 15.6 Å². The zero-order valence-electron chi connectivity index (χ0n) is 13.9. The molecule has 2 aromatic rings. The quantitative estimate of drug-likeness (QED) is 0.718. The Kier molecular flexibility index (Phi) is 7.08. The van der Waals surface area contributed by atoms with E-state index in [-0.39, 0.29) is 12.3 Å². The summed E-state index contributed by atoms with van der Waals surface area (Å²) in [5.41, 5.74) is 1.60. The summed E-state index contributed by atoms with van der Waals surface area (Å²) >= 11 is 3.02. The van der Waals surface area contributed by atoms with Crippen LogP contribution < -0.4 is 10.6 Å². The van der Waals surface area contributed by atoms with Crippen LogP contribution in [0.25, 0.3) is 10.6 Å². The van der Waals surface area contributed by atoms with Gasteiger partial charge in [0.2, 0.25) is 0 Å². The van der Waals surface area contributed by atoms with Crippen molar-refractivity contribution >= 4 is 40.6 Å². The minimum atomic E-state index is -0.674. The fraction of sp³-hybridized carbons (Fsp3) is 0.375. The van der Waals surface area contributed by atoms with Gasteiger partial charge < -0.3 is 10.1 Å². The zero-order chi connectivity index (χ0) is 18.2. The van der Waals surface area contributed by atoms with Gasteiger partial charge in [-0.2, -0.15) is 11.3 Å². The van der Waals surface area contributed by atoms with Gasteiger partial charge in [-0.25, -0.2) is 9.78 Å². The van der Waals surface area contributed by atoms with Gasteiger partial charge in [-0.05, 0) is 17.4 Å². The van der Waals surface area contributed by atoms with E-state index < -0.39 is 24.5 Å². The van der Waals surface area contributed by atoms with E-state index in [1.807, 2.05) is 30.7 Å². The average molecular weight is 381 g/mol. The summed E-state index contributed by atoms with van der Waals surface area (Å²) in [4.78, 5) is 39.1. The van der Waals surface area contributed by atoms with Crippen LogP contribution >= 0.6 is 22.7 Å². The van der Waals surface area contributed by atoms with Crippen molar-refractivity contribution in [3.05, 3.63) is 27.9 Å². The minimum Gasteiger partial charge on any atom is -0.455 e. The second-order valence-electron chi connectivity index (χ2n) is 5.65. The summed E-state index contributed by atoms with van der Waals surface area (Å²) in [5, 5.41) is 11.2. The maximum atomic E-state index is 11.8. The number of esters is 1.